The van der Waals surface area contributed by atoms with Gasteiger partial charge in [-0.1, -0.05) is 0 Å². The lowest BCUT2D eigenvalue weighted by atomic mass is 10.0. The molecule has 0 aliphatic carbocycles. The molecule has 0 radical (unpaired) electrons. The molecule has 9 heteroatoms. The molecule has 2 rings (SSSR count). The third-order valence-corrected chi connectivity index (χ3v) is 4.33. The van der Waals surface area contributed by atoms with E-state index < -0.39 is 5.97 Å². The summed E-state index contributed by atoms with van der Waals surface area (Å²) in [4.78, 5) is 35.4. The van der Waals surface area contributed by atoms with Crippen LogP contribution < -0.4 is 19.5 Å². The Hall–Kier alpha value is -2.65. The molecule has 174 valence electrons. The highest BCUT2D eigenvalue weighted by Crippen LogP contribution is 2.41. The molecule has 0 amide bonds. The normalized spacial score (nSPS) is 14.0. The molecule has 1 saturated heterocycles. The minimum Gasteiger partial charge on any atom is -0.493 e. The summed E-state index contributed by atoms with van der Waals surface area (Å²) < 4.78 is 20.8. The summed E-state index contributed by atoms with van der Waals surface area (Å²) >= 11 is 0. The van der Waals surface area contributed by atoms with Crippen LogP contribution in [0.3, 0.4) is 0 Å². The number of hydrogen-bond acceptors (Lipinski definition) is 9. The van der Waals surface area contributed by atoms with E-state index in [-0.39, 0.29) is 17.1 Å². The Labute approximate surface area is 184 Å². The lowest BCUT2D eigenvalue weighted by Crippen LogP contribution is -2.43. The van der Waals surface area contributed by atoms with Crippen LogP contribution in [0.25, 0.3) is 0 Å². The highest BCUT2D eigenvalue weighted by atomic mass is 16.5. The molecule has 0 atom stereocenters. The van der Waals surface area contributed by atoms with Crippen molar-refractivity contribution in [3.63, 3.8) is 0 Å². The van der Waals surface area contributed by atoms with Gasteiger partial charge in [0, 0.05) is 39.6 Å². The van der Waals surface area contributed by atoms with Gasteiger partial charge in [0.1, 0.15) is 11.4 Å². The number of ether oxygens (including phenoxy) is 4. The number of esters is 1. The van der Waals surface area contributed by atoms with E-state index in [4.69, 9.17) is 14.2 Å². The standard InChI is InChI=1S/C17H24N2O5.C5H10O2/c1-11(20)13-9-15(22-3)17(23-4)14(16(13)24-12(2)21)10-19-7-5-18-6-8-19;1-5(2,3)7-4-6/h9,18H,5-8,10H2,1-4H3;4H,1-3H3. The third kappa shape index (κ3) is 8.55. The van der Waals surface area contributed by atoms with Crippen LogP contribution in [0.4, 0.5) is 0 Å². The third-order valence-electron chi connectivity index (χ3n) is 4.33. The van der Waals surface area contributed by atoms with Crippen molar-refractivity contribution in [2.75, 3.05) is 40.4 Å². The van der Waals surface area contributed by atoms with Gasteiger partial charge in [-0.2, -0.15) is 0 Å². The Morgan fingerprint density at radius 1 is 1.10 bits per heavy atom. The minimum atomic E-state index is -0.480. The predicted molar refractivity (Wildman–Crippen MR) is 116 cm³/mol. The smallest absolute Gasteiger partial charge is 0.308 e. The Balaban J connectivity index is 0.000000592. The first kappa shape index (κ1) is 26.4. The molecule has 0 bridgehead atoms. The van der Waals surface area contributed by atoms with Gasteiger partial charge in [0.05, 0.1) is 25.3 Å². The van der Waals surface area contributed by atoms with E-state index in [1.54, 1.807) is 6.07 Å². The molecule has 0 saturated carbocycles. The number of carbonyl (C=O) groups is 3. The molecular formula is C22H34N2O7. The van der Waals surface area contributed by atoms with E-state index in [9.17, 15) is 14.4 Å². The topological polar surface area (TPSA) is 103 Å². The first-order valence-corrected chi connectivity index (χ1v) is 10.1. The van der Waals surface area contributed by atoms with E-state index in [1.807, 2.05) is 20.8 Å². The number of ketones is 1. The largest absolute Gasteiger partial charge is 0.493 e. The fourth-order valence-corrected chi connectivity index (χ4v) is 2.95. The number of benzene rings is 1. The zero-order chi connectivity index (χ0) is 23.6. The number of carbonyl (C=O) groups excluding carboxylic acids is 3. The maximum Gasteiger partial charge on any atom is 0.308 e. The molecule has 1 aliphatic heterocycles. The molecule has 1 aromatic rings. The number of hydrogen-bond donors (Lipinski definition) is 1. The molecule has 0 aromatic heterocycles. The first-order valence-electron chi connectivity index (χ1n) is 10.1. The van der Waals surface area contributed by atoms with Gasteiger partial charge >= 0.3 is 5.97 Å². The maximum absolute atomic E-state index is 12.0. The quantitative estimate of drug-likeness (QED) is 0.297. The van der Waals surface area contributed by atoms with Crippen molar-refractivity contribution in [3.05, 3.63) is 17.2 Å². The minimum absolute atomic E-state index is 0.200. The SMILES string of the molecule is CC(C)(C)OC=O.COc1cc(C(C)=O)c(OC(C)=O)c(CN2CCNCC2)c1OC. The molecule has 1 aromatic carbocycles. The van der Waals surface area contributed by atoms with E-state index >= 15 is 0 Å². The fourth-order valence-electron chi connectivity index (χ4n) is 2.95. The predicted octanol–water partition coefficient (Wildman–Crippen LogP) is 2.19. The van der Waals surface area contributed by atoms with Crippen molar-refractivity contribution in [1.82, 2.24) is 10.2 Å². The summed E-state index contributed by atoms with van der Waals surface area (Å²) in [5.41, 5.74) is 0.647. The second-order valence-corrected chi connectivity index (χ2v) is 7.97. The molecule has 1 N–H and O–H groups in total. The van der Waals surface area contributed by atoms with Crippen LogP contribution in [-0.4, -0.2) is 69.1 Å². The Bertz CT molecular complexity index is 766. The highest BCUT2D eigenvalue weighted by molar-refractivity contribution is 5.99. The van der Waals surface area contributed by atoms with Crippen molar-refractivity contribution in [1.29, 1.82) is 0 Å². The maximum atomic E-state index is 12.0. The van der Waals surface area contributed by atoms with Crippen molar-refractivity contribution in [2.45, 2.75) is 46.8 Å². The lowest BCUT2D eigenvalue weighted by molar-refractivity contribution is -0.138. The number of Topliss-reactive ketones (excluding diaryl/α,β-unsaturated/α-hetero) is 1. The van der Waals surface area contributed by atoms with Gasteiger partial charge in [0.15, 0.2) is 17.3 Å². The van der Waals surface area contributed by atoms with Crippen molar-refractivity contribution >= 4 is 18.2 Å². The molecule has 1 heterocycles. The van der Waals surface area contributed by atoms with E-state index in [0.717, 1.165) is 26.2 Å². The molecule has 0 spiro atoms. The van der Waals surface area contributed by atoms with Gasteiger partial charge < -0.3 is 24.3 Å². The lowest BCUT2D eigenvalue weighted by Gasteiger charge is -2.29. The Morgan fingerprint density at radius 3 is 2.10 bits per heavy atom. The zero-order valence-electron chi connectivity index (χ0n) is 19.5. The molecule has 1 aliphatic rings. The number of nitrogens with one attached hydrogen (secondary N) is 1. The Morgan fingerprint density at radius 2 is 1.71 bits per heavy atom. The van der Waals surface area contributed by atoms with Crippen LogP contribution in [0, 0.1) is 0 Å². The Kier molecular flexibility index (Phi) is 10.4. The van der Waals surface area contributed by atoms with Crippen LogP contribution >= 0.6 is 0 Å². The monoisotopic (exact) mass is 438 g/mol. The molecule has 31 heavy (non-hydrogen) atoms. The highest BCUT2D eigenvalue weighted by Gasteiger charge is 2.26. The van der Waals surface area contributed by atoms with Gasteiger partial charge in [0.25, 0.3) is 6.47 Å². The number of rotatable bonds is 7. The van der Waals surface area contributed by atoms with Crippen LogP contribution in [0.2, 0.25) is 0 Å². The second kappa shape index (κ2) is 12.3. The summed E-state index contributed by atoms with van der Waals surface area (Å²) in [5, 5.41) is 3.29. The summed E-state index contributed by atoms with van der Waals surface area (Å²) in [6.45, 7) is 12.7. The van der Waals surface area contributed by atoms with Crippen LogP contribution in [0.15, 0.2) is 6.07 Å². The van der Waals surface area contributed by atoms with Crippen molar-refractivity contribution < 1.29 is 33.3 Å². The number of nitrogens with zero attached hydrogens (tertiary/aromatic N) is 1. The van der Waals surface area contributed by atoms with Crippen LogP contribution in [0.1, 0.15) is 50.5 Å². The summed E-state index contributed by atoms with van der Waals surface area (Å²) in [5.74, 6) is 0.507. The summed E-state index contributed by atoms with van der Waals surface area (Å²) in [6.07, 6.45) is 0. The molecular weight excluding hydrogens is 404 g/mol. The molecule has 9 nitrogen and oxygen atoms in total. The number of piperazine rings is 1. The average Bonchev–Trinajstić information content (AvgIpc) is 2.68. The van der Waals surface area contributed by atoms with E-state index in [1.165, 1.54) is 28.1 Å². The first-order chi connectivity index (χ1) is 14.5. The average molecular weight is 439 g/mol. The van der Waals surface area contributed by atoms with E-state index in [2.05, 4.69) is 15.0 Å². The van der Waals surface area contributed by atoms with Gasteiger partial charge in [-0.25, -0.2) is 0 Å². The molecule has 1 fully saturated rings. The van der Waals surface area contributed by atoms with E-state index in [0.29, 0.717) is 35.6 Å². The second-order valence-electron chi connectivity index (χ2n) is 7.97. The fraction of sp³-hybridized carbons (Fsp3) is 0.591. The van der Waals surface area contributed by atoms with Gasteiger partial charge in [-0.15, -0.1) is 0 Å². The zero-order valence-corrected chi connectivity index (χ0v) is 19.5. The van der Waals surface area contributed by atoms with Crippen LogP contribution in [0.5, 0.6) is 17.2 Å². The van der Waals surface area contributed by atoms with Gasteiger partial charge in [-0.05, 0) is 33.8 Å². The van der Waals surface area contributed by atoms with Crippen molar-refractivity contribution in [2.24, 2.45) is 0 Å². The molecule has 0 unspecified atom stereocenters. The number of methoxy groups -OCH3 is 2. The summed E-state index contributed by atoms with van der Waals surface area (Å²) in [7, 11) is 3.05. The van der Waals surface area contributed by atoms with Gasteiger partial charge in [-0.3, -0.25) is 19.3 Å². The van der Waals surface area contributed by atoms with Crippen molar-refractivity contribution in [3.8, 4) is 17.2 Å². The summed E-state index contributed by atoms with van der Waals surface area (Å²) in [6, 6.07) is 1.56. The van der Waals surface area contributed by atoms with Gasteiger partial charge in [0.2, 0.25) is 0 Å². The van der Waals surface area contributed by atoms with Crippen LogP contribution in [-0.2, 0) is 20.9 Å².